The van der Waals surface area contributed by atoms with Crippen molar-refractivity contribution in [3.05, 3.63) is 53.3 Å². The Balaban J connectivity index is 1.54. The zero-order valence-electron chi connectivity index (χ0n) is 14.6. The number of hydrogen-bond acceptors (Lipinski definition) is 3. The first kappa shape index (κ1) is 18.5. The van der Waals surface area contributed by atoms with E-state index in [9.17, 15) is 9.18 Å². The summed E-state index contributed by atoms with van der Waals surface area (Å²) in [5.74, 6) is 0.149. The third-order valence-electron chi connectivity index (χ3n) is 4.51. The quantitative estimate of drug-likeness (QED) is 0.834. The molecule has 1 amide bonds. The number of carbonyl (C=O) groups excluding carboxylic acids is 1. The molecule has 0 unspecified atom stereocenters. The molecule has 0 aromatic heterocycles. The van der Waals surface area contributed by atoms with Gasteiger partial charge in [-0.05, 0) is 30.3 Å². The lowest BCUT2D eigenvalue weighted by Crippen LogP contribution is -3.15. The Morgan fingerprint density at radius 1 is 1.27 bits per heavy atom. The van der Waals surface area contributed by atoms with Crippen molar-refractivity contribution >= 4 is 28.9 Å². The average Bonchev–Trinajstić information content (AvgIpc) is 2.65. The van der Waals surface area contributed by atoms with Crippen LogP contribution in [0.1, 0.15) is 0 Å². The largest absolute Gasteiger partial charge is 0.495 e. The molecule has 0 bridgehead atoms. The Labute approximate surface area is 157 Å². The van der Waals surface area contributed by atoms with E-state index in [4.69, 9.17) is 16.3 Å². The normalized spacial score (nSPS) is 15.0. The summed E-state index contributed by atoms with van der Waals surface area (Å²) in [5, 5.41) is 3.00. The number of para-hydroxylation sites is 2. The van der Waals surface area contributed by atoms with E-state index in [2.05, 4.69) is 10.2 Å². The zero-order chi connectivity index (χ0) is 18.5. The molecule has 138 valence electrons. The van der Waals surface area contributed by atoms with Crippen LogP contribution >= 0.6 is 11.6 Å². The number of nitrogens with zero attached hydrogens (tertiary/aromatic N) is 1. The molecule has 0 atom stereocenters. The van der Waals surface area contributed by atoms with Crippen molar-refractivity contribution in [2.75, 3.05) is 50.1 Å². The van der Waals surface area contributed by atoms with Crippen LogP contribution in [0.5, 0.6) is 5.75 Å². The minimum absolute atomic E-state index is 0.120. The Kier molecular flexibility index (Phi) is 5.96. The number of anilines is 2. The summed E-state index contributed by atoms with van der Waals surface area (Å²) in [6, 6.07) is 12.0. The number of carbonyl (C=O) groups is 1. The molecule has 2 aromatic carbocycles. The molecule has 0 saturated carbocycles. The Bertz CT molecular complexity index is 779. The molecule has 5 nitrogen and oxygen atoms in total. The number of halogens is 2. The zero-order valence-corrected chi connectivity index (χ0v) is 15.4. The van der Waals surface area contributed by atoms with Gasteiger partial charge in [0.2, 0.25) is 0 Å². The topological polar surface area (TPSA) is 46.0 Å². The van der Waals surface area contributed by atoms with Crippen molar-refractivity contribution in [1.29, 1.82) is 0 Å². The van der Waals surface area contributed by atoms with Gasteiger partial charge in [-0.3, -0.25) is 4.79 Å². The van der Waals surface area contributed by atoms with Gasteiger partial charge in [-0.1, -0.05) is 23.7 Å². The lowest BCUT2D eigenvalue weighted by molar-refractivity contribution is -0.892. The summed E-state index contributed by atoms with van der Waals surface area (Å²) >= 11 is 5.85. The van der Waals surface area contributed by atoms with E-state index >= 15 is 0 Å². The molecule has 1 heterocycles. The predicted molar refractivity (Wildman–Crippen MR) is 101 cm³/mol. The first-order valence-corrected chi connectivity index (χ1v) is 8.91. The smallest absolute Gasteiger partial charge is 0.279 e. The summed E-state index contributed by atoms with van der Waals surface area (Å²) in [4.78, 5) is 15.6. The van der Waals surface area contributed by atoms with Gasteiger partial charge in [0.15, 0.2) is 6.54 Å². The van der Waals surface area contributed by atoms with Crippen molar-refractivity contribution < 1.29 is 18.8 Å². The number of piperazine rings is 1. The monoisotopic (exact) mass is 378 g/mol. The fraction of sp³-hybridized carbons (Fsp3) is 0.316. The maximum atomic E-state index is 13.7. The van der Waals surface area contributed by atoms with Crippen LogP contribution in [0.4, 0.5) is 15.8 Å². The number of methoxy groups -OCH3 is 1. The van der Waals surface area contributed by atoms with Crippen LogP contribution in [-0.4, -0.2) is 45.7 Å². The first-order valence-electron chi connectivity index (χ1n) is 8.53. The van der Waals surface area contributed by atoms with Crippen molar-refractivity contribution in [3.8, 4) is 5.75 Å². The number of benzene rings is 2. The van der Waals surface area contributed by atoms with Crippen LogP contribution in [-0.2, 0) is 4.79 Å². The SMILES string of the molecule is COc1ccccc1N1CC[NH+](CC(=O)Nc2cc(Cl)ccc2F)CC1. The van der Waals surface area contributed by atoms with E-state index in [0.717, 1.165) is 42.5 Å². The van der Waals surface area contributed by atoms with Crippen LogP contribution in [0.2, 0.25) is 5.02 Å². The van der Waals surface area contributed by atoms with Gasteiger partial charge in [0, 0.05) is 5.02 Å². The van der Waals surface area contributed by atoms with E-state index in [-0.39, 0.29) is 11.6 Å². The van der Waals surface area contributed by atoms with E-state index in [1.807, 2.05) is 24.3 Å². The van der Waals surface area contributed by atoms with Crippen molar-refractivity contribution in [3.63, 3.8) is 0 Å². The van der Waals surface area contributed by atoms with Crippen LogP contribution < -0.4 is 19.9 Å². The number of ether oxygens (including phenoxy) is 1. The third-order valence-corrected chi connectivity index (χ3v) is 4.74. The molecule has 7 heteroatoms. The predicted octanol–water partition coefficient (Wildman–Crippen LogP) is 1.83. The number of nitrogens with one attached hydrogen (secondary N) is 2. The highest BCUT2D eigenvalue weighted by atomic mass is 35.5. The molecule has 1 aliphatic rings. The molecule has 1 saturated heterocycles. The molecule has 1 fully saturated rings. The van der Waals surface area contributed by atoms with Gasteiger partial charge in [0.05, 0.1) is 44.7 Å². The minimum Gasteiger partial charge on any atom is -0.495 e. The highest BCUT2D eigenvalue weighted by molar-refractivity contribution is 6.30. The van der Waals surface area contributed by atoms with Gasteiger partial charge in [-0.25, -0.2) is 4.39 Å². The molecule has 1 aliphatic heterocycles. The number of rotatable bonds is 5. The van der Waals surface area contributed by atoms with Gasteiger partial charge < -0.3 is 19.9 Å². The molecule has 0 radical (unpaired) electrons. The second kappa shape index (κ2) is 8.38. The Hall–Kier alpha value is -2.31. The fourth-order valence-corrected chi connectivity index (χ4v) is 3.32. The van der Waals surface area contributed by atoms with E-state index < -0.39 is 5.82 Å². The fourth-order valence-electron chi connectivity index (χ4n) is 3.15. The van der Waals surface area contributed by atoms with Crippen molar-refractivity contribution in [2.45, 2.75) is 0 Å². The molecular formula is C19H22ClFN3O2+. The highest BCUT2D eigenvalue weighted by Gasteiger charge is 2.24. The molecular weight excluding hydrogens is 357 g/mol. The van der Waals surface area contributed by atoms with Crippen molar-refractivity contribution in [1.82, 2.24) is 0 Å². The highest BCUT2D eigenvalue weighted by Crippen LogP contribution is 2.27. The summed E-state index contributed by atoms with van der Waals surface area (Å²) in [5.41, 5.74) is 1.19. The van der Waals surface area contributed by atoms with Crippen molar-refractivity contribution in [2.24, 2.45) is 0 Å². The Morgan fingerprint density at radius 2 is 2.00 bits per heavy atom. The molecule has 2 aromatic rings. The first-order chi connectivity index (χ1) is 12.6. The lowest BCUT2D eigenvalue weighted by Gasteiger charge is -2.34. The third kappa shape index (κ3) is 4.45. The second-order valence-corrected chi connectivity index (χ2v) is 6.69. The lowest BCUT2D eigenvalue weighted by atomic mass is 10.2. The molecule has 2 N–H and O–H groups in total. The van der Waals surface area contributed by atoms with Crippen LogP contribution in [0.3, 0.4) is 0 Å². The summed E-state index contributed by atoms with van der Waals surface area (Å²) < 4.78 is 19.1. The summed E-state index contributed by atoms with van der Waals surface area (Å²) in [6.45, 7) is 3.60. The summed E-state index contributed by atoms with van der Waals surface area (Å²) in [7, 11) is 1.67. The van der Waals surface area contributed by atoms with Gasteiger partial charge >= 0.3 is 0 Å². The molecule has 0 aliphatic carbocycles. The molecule has 0 spiro atoms. The maximum absolute atomic E-state index is 13.7. The van der Waals surface area contributed by atoms with E-state index in [1.165, 1.54) is 18.2 Å². The van der Waals surface area contributed by atoms with Crippen LogP contribution in [0.25, 0.3) is 0 Å². The number of hydrogen-bond donors (Lipinski definition) is 2. The van der Waals surface area contributed by atoms with E-state index in [1.54, 1.807) is 7.11 Å². The summed E-state index contributed by atoms with van der Waals surface area (Å²) in [6.07, 6.45) is 0. The van der Waals surface area contributed by atoms with Gasteiger partial charge in [-0.15, -0.1) is 0 Å². The van der Waals surface area contributed by atoms with Crippen LogP contribution in [0.15, 0.2) is 42.5 Å². The average molecular weight is 379 g/mol. The minimum atomic E-state index is -0.487. The van der Waals surface area contributed by atoms with Crippen LogP contribution in [0, 0.1) is 5.82 Å². The molecule has 26 heavy (non-hydrogen) atoms. The maximum Gasteiger partial charge on any atom is 0.279 e. The number of quaternary nitrogens is 1. The standard InChI is InChI=1S/C19H21ClFN3O2/c1-26-18-5-3-2-4-17(18)24-10-8-23(9-11-24)13-19(25)22-16-12-14(20)6-7-15(16)21/h2-7,12H,8-11,13H2,1H3,(H,22,25)/p+1. The van der Waals surface area contributed by atoms with E-state index in [0.29, 0.717) is 11.6 Å². The molecule has 3 rings (SSSR count). The number of amides is 1. The van der Waals surface area contributed by atoms with Gasteiger partial charge in [-0.2, -0.15) is 0 Å². The second-order valence-electron chi connectivity index (χ2n) is 6.26. The van der Waals surface area contributed by atoms with Gasteiger partial charge in [0.1, 0.15) is 11.6 Å². The Morgan fingerprint density at radius 3 is 2.73 bits per heavy atom. The van der Waals surface area contributed by atoms with Gasteiger partial charge in [0.25, 0.3) is 5.91 Å².